The van der Waals surface area contributed by atoms with Gasteiger partial charge in [-0.25, -0.2) is 13.4 Å². The van der Waals surface area contributed by atoms with Gasteiger partial charge in [-0.05, 0) is 65.9 Å². The van der Waals surface area contributed by atoms with Crippen LogP contribution in [-0.4, -0.2) is 72.2 Å². The Kier molecular flexibility index (Phi) is 10.3. The number of amides is 1. The molecule has 11 nitrogen and oxygen atoms in total. The van der Waals surface area contributed by atoms with E-state index in [4.69, 9.17) is 5.11 Å². The van der Waals surface area contributed by atoms with Crippen molar-refractivity contribution in [2.45, 2.75) is 45.4 Å². The van der Waals surface area contributed by atoms with Gasteiger partial charge in [0.15, 0.2) is 9.84 Å². The van der Waals surface area contributed by atoms with E-state index in [1.165, 1.54) is 0 Å². The third-order valence-electron chi connectivity index (χ3n) is 7.94. The molecular weight excluding hydrogens is 629 g/mol. The van der Waals surface area contributed by atoms with E-state index in [2.05, 4.69) is 49.8 Å². The van der Waals surface area contributed by atoms with Gasteiger partial charge in [-0.2, -0.15) is 4.98 Å². The Labute approximate surface area is 282 Å². The summed E-state index contributed by atoms with van der Waals surface area (Å²) >= 11 is 0. The Morgan fingerprint density at radius 2 is 1.50 bits per heavy atom. The van der Waals surface area contributed by atoms with Crippen LogP contribution in [0.1, 0.15) is 39.2 Å². The number of nitrogens with zero attached hydrogens (tertiary/aromatic N) is 4. The summed E-state index contributed by atoms with van der Waals surface area (Å²) in [5, 5.41) is 15.3. The summed E-state index contributed by atoms with van der Waals surface area (Å²) < 4.78 is 25.9. The number of anilines is 5. The second-order valence-corrected chi connectivity index (χ2v) is 15.2. The summed E-state index contributed by atoms with van der Waals surface area (Å²) in [6.07, 6.45) is 1.61. The fourth-order valence-corrected chi connectivity index (χ4v) is 7.41. The molecule has 0 aliphatic carbocycles. The van der Waals surface area contributed by atoms with Gasteiger partial charge in [0.05, 0.1) is 17.1 Å². The highest BCUT2D eigenvalue weighted by atomic mass is 32.2. The summed E-state index contributed by atoms with van der Waals surface area (Å²) in [6.45, 7) is 10.2. The lowest BCUT2D eigenvalue weighted by molar-refractivity contribution is -0.141. The third kappa shape index (κ3) is 9.09. The molecule has 1 saturated heterocycles. The molecule has 3 aromatic carbocycles. The van der Waals surface area contributed by atoms with Crippen LogP contribution in [0.3, 0.4) is 0 Å². The van der Waals surface area contributed by atoms with E-state index in [1.807, 2.05) is 58.0 Å². The van der Waals surface area contributed by atoms with E-state index in [0.717, 1.165) is 28.1 Å². The predicted molar refractivity (Wildman–Crippen MR) is 189 cm³/mol. The second kappa shape index (κ2) is 14.4. The molecule has 1 aromatic heterocycles. The first-order valence-corrected chi connectivity index (χ1v) is 17.6. The van der Waals surface area contributed by atoms with Crippen molar-refractivity contribution in [3.05, 3.63) is 84.6 Å². The summed E-state index contributed by atoms with van der Waals surface area (Å²) in [5.41, 5.74) is 5.09. The first-order valence-electron chi connectivity index (χ1n) is 15.9. The Morgan fingerprint density at radius 1 is 0.854 bits per heavy atom. The lowest BCUT2D eigenvalue weighted by Gasteiger charge is -2.36. The van der Waals surface area contributed by atoms with Crippen LogP contribution in [-0.2, 0) is 19.4 Å². The molecule has 3 N–H and O–H groups in total. The molecule has 2 heterocycles. The number of benzene rings is 3. The van der Waals surface area contributed by atoms with Gasteiger partial charge in [-0.3, -0.25) is 9.59 Å². The van der Waals surface area contributed by atoms with Crippen molar-refractivity contribution < 1.29 is 23.1 Å². The standard InChI is InChI=1S/C36H42N6O5S/c1-25-23-37-35(40-34(25)38-29-6-5-7-31(22-29)48(46,47)24-36(2,3)4)39-28-12-8-26(9-13-28)27-10-14-30(15-11-27)41-18-20-42(21-19-41)32(43)16-17-33(44)45/h5-15,22-23H,16-21,24H2,1-4H3,(H,44,45)(H2,37,38,39,40). The number of carboxylic acids is 1. The van der Waals surface area contributed by atoms with Crippen LogP contribution in [0.5, 0.6) is 0 Å². The van der Waals surface area contributed by atoms with E-state index in [9.17, 15) is 18.0 Å². The summed E-state index contributed by atoms with van der Waals surface area (Å²) in [7, 11) is -3.44. The molecule has 0 bridgehead atoms. The van der Waals surface area contributed by atoms with E-state index in [1.54, 1.807) is 29.3 Å². The fraction of sp³-hybridized carbons (Fsp3) is 0.333. The van der Waals surface area contributed by atoms with Crippen molar-refractivity contribution in [1.29, 1.82) is 0 Å². The van der Waals surface area contributed by atoms with Gasteiger partial charge >= 0.3 is 5.97 Å². The zero-order valence-corrected chi connectivity index (χ0v) is 28.5. The van der Waals surface area contributed by atoms with Crippen LogP contribution < -0.4 is 15.5 Å². The highest BCUT2D eigenvalue weighted by Gasteiger charge is 2.24. The Morgan fingerprint density at radius 3 is 2.12 bits per heavy atom. The highest BCUT2D eigenvalue weighted by Crippen LogP contribution is 2.28. The summed E-state index contributed by atoms with van der Waals surface area (Å²) in [4.78, 5) is 36.3. The maximum absolute atomic E-state index is 12.9. The molecule has 5 rings (SSSR count). The molecule has 0 radical (unpaired) electrons. The number of hydrogen-bond acceptors (Lipinski definition) is 9. The van der Waals surface area contributed by atoms with Crippen molar-refractivity contribution in [2.24, 2.45) is 5.41 Å². The number of rotatable bonds is 11. The molecule has 252 valence electrons. The molecule has 48 heavy (non-hydrogen) atoms. The zero-order chi connectivity index (χ0) is 34.5. The maximum atomic E-state index is 12.9. The minimum absolute atomic E-state index is 0.0393. The average Bonchev–Trinajstić information content (AvgIpc) is 3.05. The van der Waals surface area contributed by atoms with Gasteiger partial charge in [0.2, 0.25) is 11.9 Å². The van der Waals surface area contributed by atoms with Crippen molar-refractivity contribution >= 4 is 50.5 Å². The number of carbonyl (C=O) groups is 2. The molecular formula is C36H42N6O5S. The summed E-state index contributed by atoms with van der Waals surface area (Å²) in [5.74, 6) is -0.0384. The fourth-order valence-electron chi connectivity index (χ4n) is 5.51. The monoisotopic (exact) mass is 670 g/mol. The quantitative estimate of drug-likeness (QED) is 0.167. The van der Waals surface area contributed by atoms with Gasteiger partial charge < -0.3 is 25.5 Å². The number of aromatic nitrogens is 2. The smallest absolute Gasteiger partial charge is 0.303 e. The lowest BCUT2D eigenvalue weighted by Crippen LogP contribution is -2.48. The molecule has 4 aromatic rings. The number of hydrogen-bond donors (Lipinski definition) is 3. The molecule has 12 heteroatoms. The molecule has 0 unspecified atom stereocenters. The SMILES string of the molecule is Cc1cnc(Nc2ccc(-c3ccc(N4CCN(C(=O)CCC(=O)O)CC4)cc3)cc2)nc1Nc1cccc(S(=O)(=O)CC(C)(C)C)c1. The summed E-state index contributed by atoms with van der Waals surface area (Å²) in [6, 6.07) is 23.1. The van der Waals surface area contributed by atoms with Crippen LogP contribution in [0, 0.1) is 12.3 Å². The molecule has 0 saturated carbocycles. The lowest BCUT2D eigenvalue weighted by atomic mass is 10.0. The topological polar surface area (TPSA) is 145 Å². The van der Waals surface area contributed by atoms with Gasteiger partial charge in [0, 0.05) is 61.4 Å². The zero-order valence-electron chi connectivity index (χ0n) is 27.7. The highest BCUT2D eigenvalue weighted by molar-refractivity contribution is 7.91. The maximum Gasteiger partial charge on any atom is 0.303 e. The van der Waals surface area contributed by atoms with Crippen LogP contribution in [0.15, 0.2) is 83.9 Å². The van der Waals surface area contributed by atoms with Gasteiger partial charge in [0.25, 0.3) is 0 Å². The van der Waals surface area contributed by atoms with E-state index in [0.29, 0.717) is 43.6 Å². The minimum atomic E-state index is -3.44. The van der Waals surface area contributed by atoms with Crippen molar-refractivity contribution in [3.63, 3.8) is 0 Å². The number of aryl methyl sites for hydroxylation is 1. The van der Waals surface area contributed by atoms with E-state index < -0.39 is 15.8 Å². The number of sulfone groups is 1. The molecule has 1 fully saturated rings. The molecule has 1 aliphatic heterocycles. The average molecular weight is 671 g/mol. The van der Waals surface area contributed by atoms with Crippen molar-refractivity contribution in [1.82, 2.24) is 14.9 Å². The first-order chi connectivity index (χ1) is 22.8. The van der Waals surface area contributed by atoms with E-state index >= 15 is 0 Å². The van der Waals surface area contributed by atoms with Crippen LogP contribution in [0.2, 0.25) is 0 Å². The molecule has 1 aliphatic rings. The number of nitrogens with one attached hydrogen (secondary N) is 2. The van der Waals surface area contributed by atoms with Crippen LogP contribution >= 0.6 is 0 Å². The van der Waals surface area contributed by atoms with Crippen LogP contribution in [0.25, 0.3) is 11.1 Å². The van der Waals surface area contributed by atoms with Crippen LogP contribution in [0.4, 0.5) is 28.8 Å². The Balaban J connectivity index is 1.19. The van der Waals surface area contributed by atoms with Crippen molar-refractivity contribution in [2.75, 3.05) is 47.5 Å². The predicted octanol–water partition coefficient (Wildman–Crippen LogP) is 6.27. The largest absolute Gasteiger partial charge is 0.481 e. The Hall–Kier alpha value is -4.97. The number of piperazine rings is 1. The number of carboxylic acid groups (broad SMARTS) is 1. The molecule has 0 atom stereocenters. The van der Waals surface area contributed by atoms with E-state index in [-0.39, 0.29) is 34.8 Å². The number of aliphatic carboxylic acids is 1. The number of carbonyl (C=O) groups excluding carboxylic acids is 1. The van der Waals surface area contributed by atoms with Gasteiger partial charge in [-0.1, -0.05) is 51.1 Å². The second-order valence-electron chi connectivity index (χ2n) is 13.2. The Bertz CT molecular complexity index is 1860. The first kappa shape index (κ1) is 34.4. The molecule has 1 amide bonds. The minimum Gasteiger partial charge on any atom is -0.481 e. The molecule has 0 spiro atoms. The van der Waals surface area contributed by atoms with Gasteiger partial charge in [-0.15, -0.1) is 0 Å². The van der Waals surface area contributed by atoms with Crippen molar-refractivity contribution in [3.8, 4) is 11.1 Å². The normalized spacial score (nSPS) is 13.7. The van der Waals surface area contributed by atoms with Gasteiger partial charge in [0.1, 0.15) is 5.82 Å². The third-order valence-corrected chi connectivity index (χ3v) is 10.2.